The Kier molecular flexibility index (Phi) is 8.12. The fourth-order valence-electron chi connectivity index (χ4n) is 2.89. The van der Waals surface area contributed by atoms with Crippen LogP contribution in [0, 0.1) is 5.92 Å². The van der Waals surface area contributed by atoms with Gasteiger partial charge in [-0.1, -0.05) is 0 Å². The minimum absolute atomic E-state index is 0.467. The van der Waals surface area contributed by atoms with Gasteiger partial charge in [-0.3, -0.25) is 9.89 Å². The summed E-state index contributed by atoms with van der Waals surface area (Å²) in [4.78, 5) is 6.79. The number of nitrogens with one attached hydrogen (secondary N) is 2. The number of hydrogen-bond donors (Lipinski definition) is 2. The molecule has 2 fully saturated rings. The number of ether oxygens (including phenoxy) is 2. The van der Waals surface area contributed by atoms with E-state index in [1.807, 2.05) is 7.05 Å². The lowest BCUT2D eigenvalue weighted by Crippen LogP contribution is -2.53. The standard InChI is InChI=1S/C17H34N4O2/c1-14(21-8-10-23-12-15(21)2)11-20-17(18-3)19-7-4-9-22-13-16-5-6-16/h14-16H,4-13H2,1-3H3,(H2,18,19,20). The molecular weight excluding hydrogens is 292 g/mol. The SMILES string of the molecule is CN=C(NCCCOCC1CC1)NCC(C)N1CCOCC1C. The van der Waals surface area contributed by atoms with Gasteiger partial charge in [0, 0.05) is 52.0 Å². The third-order valence-corrected chi connectivity index (χ3v) is 4.58. The van der Waals surface area contributed by atoms with Gasteiger partial charge in [-0.15, -0.1) is 0 Å². The van der Waals surface area contributed by atoms with Crippen molar-refractivity contribution in [2.24, 2.45) is 10.9 Å². The van der Waals surface area contributed by atoms with Crippen molar-refractivity contribution < 1.29 is 9.47 Å². The van der Waals surface area contributed by atoms with Crippen LogP contribution in [0.15, 0.2) is 4.99 Å². The summed E-state index contributed by atoms with van der Waals surface area (Å²) in [6.45, 7) is 10.7. The first-order valence-corrected chi connectivity index (χ1v) is 9.06. The highest BCUT2D eigenvalue weighted by Crippen LogP contribution is 2.28. The van der Waals surface area contributed by atoms with Crippen LogP contribution in [-0.2, 0) is 9.47 Å². The highest BCUT2D eigenvalue weighted by molar-refractivity contribution is 5.79. The Labute approximate surface area is 141 Å². The normalized spacial score (nSPS) is 24.5. The molecule has 1 saturated heterocycles. The van der Waals surface area contributed by atoms with Crippen molar-refractivity contribution in [3.8, 4) is 0 Å². The average molecular weight is 326 g/mol. The van der Waals surface area contributed by atoms with E-state index in [2.05, 4.69) is 34.4 Å². The maximum atomic E-state index is 5.64. The largest absolute Gasteiger partial charge is 0.381 e. The molecule has 2 unspecified atom stereocenters. The third-order valence-electron chi connectivity index (χ3n) is 4.58. The van der Waals surface area contributed by atoms with Crippen molar-refractivity contribution in [3.63, 3.8) is 0 Å². The van der Waals surface area contributed by atoms with Crippen LogP contribution in [0.1, 0.15) is 33.1 Å². The van der Waals surface area contributed by atoms with E-state index in [4.69, 9.17) is 9.47 Å². The number of rotatable bonds is 9. The van der Waals surface area contributed by atoms with Gasteiger partial charge in [-0.2, -0.15) is 0 Å². The lowest BCUT2D eigenvalue weighted by molar-refractivity contribution is -0.0174. The second-order valence-electron chi connectivity index (χ2n) is 6.76. The minimum Gasteiger partial charge on any atom is -0.381 e. The fourth-order valence-corrected chi connectivity index (χ4v) is 2.89. The van der Waals surface area contributed by atoms with Gasteiger partial charge in [0.05, 0.1) is 13.2 Å². The molecule has 1 saturated carbocycles. The van der Waals surface area contributed by atoms with Gasteiger partial charge in [0.25, 0.3) is 0 Å². The van der Waals surface area contributed by atoms with Crippen molar-refractivity contribution in [3.05, 3.63) is 0 Å². The molecule has 2 N–H and O–H groups in total. The quantitative estimate of drug-likeness (QED) is 0.377. The molecule has 0 aromatic carbocycles. The summed E-state index contributed by atoms with van der Waals surface area (Å²) in [6, 6.07) is 0.952. The molecule has 2 atom stereocenters. The second-order valence-corrected chi connectivity index (χ2v) is 6.76. The van der Waals surface area contributed by atoms with E-state index in [0.717, 1.165) is 64.4 Å². The summed E-state index contributed by atoms with van der Waals surface area (Å²) in [6.07, 6.45) is 3.73. The van der Waals surface area contributed by atoms with E-state index in [-0.39, 0.29) is 0 Å². The zero-order valence-electron chi connectivity index (χ0n) is 15.0. The first kappa shape index (κ1) is 18.5. The summed E-state index contributed by atoms with van der Waals surface area (Å²) in [5.74, 6) is 1.72. The van der Waals surface area contributed by atoms with Crippen LogP contribution in [0.3, 0.4) is 0 Å². The Morgan fingerprint density at radius 3 is 2.91 bits per heavy atom. The maximum Gasteiger partial charge on any atom is 0.191 e. The third kappa shape index (κ3) is 7.06. The number of hydrogen-bond acceptors (Lipinski definition) is 4. The zero-order valence-corrected chi connectivity index (χ0v) is 15.0. The van der Waals surface area contributed by atoms with E-state index in [9.17, 15) is 0 Å². The van der Waals surface area contributed by atoms with Crippen LogP contribution < -0.4 is 10.6 Å². The molecule has 6 heteroatoms. The molecule has 0 bridgehead atoms. The monoisotopic (exact) mass is 326 g/mol. The van der Waals surface area contributed by atoms with E-state index in [1.54, 1.807) is 0 Å². The Morgan fingerprint density at radius 1 is 1.39 bits per heavy atom. The number of morpholine rings is 1. The topological polar surface area (TPSA) is 58.1 Å². The van der Waals surface area contributed by atoms with E-state index >= 15 is 0 Å². The summed E-state index contributed by atoms with van der Waals surface area (Å²) < 4.78 is 11.1. The Morgan fingerprint density at radius 2 is 2.22 bits per heavy atom. The van der Waals surface area contributed by atoms with Crippen LogP contribution in [-0.4, -0.2) is 76.1 Å². The number of aliphatic imine (C=N–C) groups is 1. The molecule has 0 spiro atoms. The molecule has 0 radical (unpaired) electrons. The van der Waals surface area contributed by atoms with Gasteiger partial charge in [-0.25, -0.2) is 0 Å². The second kappa shape index (κ2) is 10.1. The Balaban J connectivity index is 1.54. The molecule has 0 aromatic rings. The van der Waals surface area contributed by atoms with Gasteiger partial charge in [0.15, 0.2) is 5.96 Å². The van der Waals surface area contributed by atoms with E-state index < -0.39 is 0 Å². The molecule has 0 amide bonds. The Bertz CT molecular complexity index is 361. The van der Waals surface area contributed by atoms with E-state index in [1.165, 1.54) is 12.8 Å². The van der Waals surface area contributed by atoms with Gasteiger partial charge < -0.3 is 20.1 Å². The van der Waals surface area contributed by atoms with Crippen molar-refractivity contribution in [1.82, 2.24) is 15.5 Å². The summed E-state index contributed by atoms with van der Waals surface area (Å²) >= 11 is 0. The van der Waals surface area contributed by atoms with Crippen molar-refractivity contribution in [2.45, 2.75) is 45.2 Å². The van der Waals surface area contributed by atoms with E-state index in [0.29, 0.717) is 12.1 Å². The molecule has 0 aromatic heterocycles. The summed E-state index contributed by atoms with van der Waals surface area (Å²) in [5, 5.41) is 6.78. The first-order valence-electron chi connectivity index (χ1n) is 9.06. The van der Waals surface area contributed by atoms with Gasteiger partial charge in [0.1, 0.15) is 0 Å². The smallest absolute Gasteiger partial charge is 0.191 e. The predicted octanol–water partition coefficient (Wildman–Crippen LogP) is 1.08. The van der Waals surface area contributed by atoms with Crippen LogP contribution in [0.4, 0.5) is 0 Å². The molecule has 134 valence electrons. The molecular formula is C17H34N4O2. The molecule has 1 aliphatic heterocycles. The lowest BCUT2D eigenvalue weighted by atomic mass is 10.2. The predicted molar refractivity (Wildman–Crippen MR) is 94.0 cm³/mol. The molecule has 6 nitrogen and oxygen atoms in total. The molecule has 2 rings (SSSR count). The average Bonchev–Trinajstić information content (AvgIpc) is 3.38. The highest BCUT2D eigenvalue weighted by atomic mass is 16.5. The maximum absolute atomic E-state index is 5.64. The van der Waals surface area contributed by atoms with Crippen molar-refractivity contribution in [1.29, 1.82) is 0 Å². The molecule has 1 heterocycles. The first-order chi connectivity index (χ1) is 11.2. The van der Waals surface area contributed by atoms with Crippen LogP contribution in [0.25, 0.3) is 0 Å². The van der Waals surface area contributed by atoms with Crippen molar-refractivity contribution in [2.75, 3.05) is 53.1 Å². The zero-order chi connectivity index (χ0) is 16.5. The molecule has 23 heavy (non-hydrogen) atoms. The van der Waals surface area contributed by atoms with Gasteiger partial charge in [-0.05, 0) is 39.0 Å². The lowest BCUT2D eigenvalue weighted by Gasteiger charge is -2.38. The Hall–Kier alpha value is -0.850. The molecule has 2 aliphatic rings. The van der Waals surface area contributed by atoms with Gasteiger partial charge in [0.2, 0.25) is 0 Å². The van der Waals surface area contributed by atoms with Crippen LogP contribution >= 0.6 is 0 Å². The van der Waals surface area contributed by atoms with Crippen LogP contribution in [0.5, 0.6) is 0 Å². The summed E-state index contributed by atoms with van der Waals surface area (Å²) in [5.41, 5.74) is 0. The highest BCUT2D eigenvalue weighted by Gasteiger charge is 2.23. The van der Waals surface area contributed by atoms with Gasteiger partial charge >= 0.3 is 0 Å². The minimum atomic E-state index is 0.467. The molecule has 1 aliphatic carbocycles. The van der Waals surface area contributed by atoms with Crippen molar-refractivity contribution >= 4 is 5.96 Å². The fraction of sp³-hybridized carbons (Fsp3) is 0.941. The summed E-state index contributed by atoms with van der Waals surface area (Å²) in [7, 11) is 1.82. The number of guanidine groups is 1. The van der Waals surface area contributed by atoms with Crippen LogP contribution in [0.2, 0.25) is 0 Å². The number of nitrogens with zero attached hydrogens (tertiary/aromatic N) is 2.